The zero-order valence-corrected chi connectivity index (χ0v) is 21.8. The van der Waals surface area contributed by atoms with Gasteiger partial charge in [-0.25, -0.2) is 4.39 Å². The maximum absolute atomic E-state index is 12.3. The van der Waals surface area contributed by atoms with Gasteiger partial charge in [-0.1, -0.05) is 94.3 Å². The molecule has 2 fully saturated rings. The molecule has 1 saturated carbocycles. The highest BCUT2D eigenvalue weighted by Crippen LogP contribution is 2.54. The molecule has 2 aromatic rings. The Morgan fingerprint density at radius 1 is 0.818 bits per heavy atom. The largest absolute Gasteiger partial charge is 0.366 e. The lowest BCUT2D eigenvalue weighted by atomic mass is 9.58. The molecule has 1 heterocycles. The maximum atomic E-state index is 12.3. The van der Waals surface area contributed by atoms with Gasteiger partial charge in [-0.05, 0) is 75.1 Å². The molecule has 1 saturated heterocycles. The summed E-state index contributed by atoms with van der Waals surface area (Å²) in [5.74, 6) is -0.204. The summed E-state index contributed by atoms with van der Waals surface area (Å²) in [7, 11) is 0. The first-order chi connectivity index (χ1) is 15.7. The number of fused-ring (bicyclic) bond motifs is 1. The van der Waals surface area contributed by atoms with Crippen molar-refractivity contribution in [1.29, 1.82) is 0 Å². The molecule has 1 nitrogen and oxygen atoms in total. The second-order valence-electron chi connectivity index (χ2n) is 9.90. The molecule has 0 N–H and O–H groups in total. The number of rotatable bonds is 3. The van der Waals surface area contributed by atoms with E-state index in [1.54, 1.807) is 12.1 Å². The van der Waals surface area contributed by atoms with Crippen molar-refractivity contribution in [3.05, 3.63) is 84.2 Å². The summed E-state index contributed by atoms with van der Waals surface area (Å²) in [6, 6.07) is 15.2. The Morgan fingerprint density at radius 2 is 1.33 bits per heavy atom. The minimum absolute atomic E-state index is 0.204. The van der Waals surface area contributed by atoms with Crippen molar-refractivity contribution in [2.45, 2.75) is 85.6 Å². The predicted molar refractivity (Wildman–Crippen MR) is 144 cm³/mol. The molecule has 1 aliphatic carbocycles. The van der Waals surface area contributed by atoms with E-state index in [0.717, 1.165) is 11.1 Å². The second-order valence-corrected chi connectivity index (χ2v) is 9.90. The average Bonchev–Trinajstić information content (AvgIpc) is 2.81. The van der Waals surface area contributed by atoms with E-state index in [2.05, 4.69) is 63.1 Å². The monoisotopic (exact) mass is 449 g/mol. The molecule has 0 amide bonds. The van der Waals surface area contributed by atoms with Crippen LogP contribution < -0.4 is 0 Å². The number of allylic oxidation sites excluding steroid dienone is 1. The topological polar surface area (TPSA) is 3.24 Å². The second kappa shape index (κ2) is 11.7. The summed E-state index contributed by atoms with van der Waals surface area (Å²) >= 11 is 0. The first-order valence-corrected chi connectivity index (χ1v) is 12.6. The van der Waals surface area contributed by atoms with Crippen LogP contribution in [0.4, 0.5) is 4.39 Å². The maximum Gasteiger partial charge on any atom is 0.123 e. The molecule has 0 spiro atoms. The van der Waals surface area contributed by atoms with Crippen LogP contribution in [0.15, 0.2) is 61.7 Å². The summed E-state index contributed by atoms with van der Waals surface area (Å²) in [6.07, 6.45) is 8.13. The normalized spacial score (nSPS) is 23.8. The van der Waals surface area contributed by atoms with Gasteiger partial charge < -0.3 is 4.90 Å². The lowest BCUT2D eigenvalue weighted by Crippen LogP contribution is -2.60. The van der Waals surface area contributed by atoms with Crippen LogP contribution in [0.1, 0.15) is 89.8 Å². The van der Waals surface area contributed by atoms with Gasteiger partial charge in [0.25, 0.3) is 0 Å². The summed E-state index contributed by atoms with van der Waals surface area (Å²) in [6.45, 7) is 22.4. The van der Waals surface area contributed by atoms with Gasteiger partial charge in [0.1, 0.15) is 5.82 Å². The molecule has 33 heavy (non-hydrogen) atoms. The van der Waals surface area contributed by atoms with E-state index in [0.29, 0.717) is 5.41 Å². The number of halogens is 1. The van der Waals surface area contributed by atoms with Crippen LogP contribution >= 0.6 is 0 Å². The highest BCUT2D eigenvalue weighted by molar-refractivity contribution is 5.63. The molecule has 4 rings (SSSR count). The van der Waals surface area contributed by atoms with Crippen LogP contribution in [0.3, 0.4) is 0 Å². The molecular formula is C31H44FN. The highest BCUT2D eigenvalue weighted by Gasteiger charge is 2.51. The molecule has 2 aliphatic rings. The quantitative estimate of drug-likeness (QED) is 0.451. The fourth-order valence-electron chi connectivity index (χ4n) is 5.35. The number of hydrogen-bond donors (Lipinski definition) is 0. The molecule has 0 radical (unpaired) electrons. The van der Waals surface area contributed by atoms with Crippen LogP contribution in [0.2, 0.25) is 0 Å². The first-order valence-electron chi connectivity index (χ1n) is 12.6. The Labute approximate surface area is 202 Å². The third-order valence-corrected chi connectivity index (χ3v) is 7.70. The molecule has 0 aromatic heterocycles. The van der Waals surface area contributed by atoms with Crippen LogP contribution in [0.5, 0.6) is 0 Å². The Hall–Kier alpha value is -2.35. The molecule has 180 valence electrons. The standard InChI is InChI=1S/C20H29N.C9H9F.C2H6/c1-16-8-10-18(11-9-16)17(2)21-15-7-13-19(3)12-5-6-14-20(19,21)4;1-7(2)8-3-5-9(10)6-4-8;1-2/h8-11H,2,5-7,12-15H2,1,3-4H3;3-6H,1H2,2H3;1-2H3. The third kappa shape index (κ3) is 6.16. The molecule has 2 unspecified atom stereocenters. The number of benzene rings is 2. The van der Waals surface area contributed by atoms with Crippen LogP contribution in [-0.4, -0.2) is 17.0 Å². The van der Waals surface area contributed by atoms with E-state index < -0.39 is 0 Å². The van der Waals surface area contributed by atoms with E-state index >= 15 is 0 Å². The number of likely N-dealkylation sites (tertiary alicyclic amines) is 1. The zero-order chi connectivity index (χ0) is 24.6. The van der Waals surface area contributed by atoms with Gasteiger partial charge in [0.05, 0.1) is 0 Å². The summed E-state index contributed by atoms with van der Waals surface area (Å²) in [5, 5.41) is 0. The number of hydrogen-bond acceptors (Lipinski definition) is 1. The van der Waals surface area contributed by atoms with Gasteiger partial charge in [-0.2, -0.15) is 0 Å². The van der Waals surface area contributed by atoms with Crippen molar-refractivity contribution in [3.63, 3.8) is 0 Å². The highest BCUT2D eigenvalue weighted by atomic mass is 19.1. The van der Waals surface area contributed by atoms with E-state index in [1.165, 1.54) is 74.0 Å². The van der Waals surface area contributed by atoms with Crippen LogP contribution in [0, 0.1) is 18.2 Å². The molecule has 2 atom stereocenters. The molecular weight excluding hydrogens is 405 g/mol. The van der Waals surface area contributed by atoms with Crippen LogP contribution in [-0.2, 0) is 0 Å². The van der Waals surface area contributed by atoms with Crippen LogP contribution in [0.25, 0.3) is 11.3 Å². The van der Waals surface area contributed by atoms with E-state index in [4.69, 9.17) is 0 Å². The van der Waals surface area contributed by atoms with E-state index in [1.807, 2.05) is 20.8 Å². The van der Waals surface area contributed by atoms with Crippen molar-refractivity contribution < 1.29 is 4.39 Å². The van der Waals surface area contributed by atoms with Crippen molar-refractivity contribution in [1.82, 2.24) is 4.90 Å². The van der Waals surface area contributed by atoms with Gasteiger partial charge in [0.2, 0.25) is 0 Å². The summed E-state index contributed by atoms with van der Waals surface area (Å²) in [5.41, 5.74) is 6.52. The van der Waals surface area contributed by atoms with Gasteiger partial charge in [-0.3, -0.25) is 0 Å². The Morgan fingerprint density at radius 3 is 1.91 bits per heavy atom. The smallest absolute Gasteiger partial charge is 0.123 e. The Kier molecular flexibility index (Phi) is 9.52. The van der Waals surface area contributed by atoms with E-state index in [-0.39, 0.29) is 11.4 Å². The van der Waals surface area contributed by atoms with Crippen molar-refractivity contribution in [2.24, 2.45) is 5.41 Å². The third-order valence-electron chi connectivity index (χ3n) is 7.70. The fraction of sp³-hybridized carbons (Fsp3) is 0.484. The number of aryl methyl sites for hydroxylation is 1. The number of piperidine rings is 1. The fourth-order valence-corrected chi connectivity index (χ4v) is 5.35. The number of nitrogens with zero attached hydrogens (tertiary/aromatic N) is 1. The SMILES string of the molecule is C=C(C)c1ccc(F)cc1.C=C(c1ccc(C)cc1)N1CCCC2(C)CCCCC12C.CC. The predicted octanol–water partition coefficient (Wildman–Crippen LogP) is 9.29. The lowest BCUT2D eigenvalue weighted by Gasteiger charge is -2.60. The van der Waals surface area contributed by atoms with Crippen molar-refractivity contribution in [3.8, 4) is 0 Å². The lowest BCUT2D eigenvalue weighted by molar-refractivity contribution is -0.0501. The summed E-state index contributed by atoms with van der Waals surface area (Å²) in [4.78, 5) is 2.64. The minimum atomic E-state index is -0.204. The Balaban J connectivity index is 0.000000270. The minimum Gasteiger partial charge on any atom is -0.366 e. The zero-order valence-electron chi connectivity index (χ0n) is 21.8. The van der Waals surface area contributed by atoms with Gasteiger partial charge in [-0.15, -0.1) is 0 Å². The van der Waals surface area contributed by atoms with E-state index in [9.17, 15) is 4.39 Å². The van der Waals surface area contributed by atoms with Gasteiger partial charge >= 0.3 is 0 Å². The first kappa shape index (κ1) is 26.9. The summed E-state index contributed by atoms with van der Waals surface area (Å²) < 4.78 is 12.3. The van der Waals surface area contributed by atoms with Crippen molar-refractivity contribution >= 4 is 11.3 Å². The average molecular weight is 450 g/mol. The van der Waals surface area contributed by atoms with Gasteiger partial charge in [0.15, 0.2) is 0 Å². The molecule has 1 aliphatic heterocycles. The van der Waals surface area contributed by atoms with Gasteiger partial charge in [0, 0.05) is 17.8 Å². The molecule has 2 aromatic carbocycles. The Bertz CT molecular complexity index is 907. The molecule has 2 heteroatoms. The molecule has 0 bridgehead atoms. The van der Waals surface area contributed by atoms with Crippen molar-refractivity contribution in [2.75, 3.05) is 6.54 Å².